The number of fused-ring (bicyclic) bond motifs is 1. The molecule has 2 aliphatic rings. The standard InChI is InChI=1S/C19H22N4O3/c1-20-19-21-11-14(12-22-19)18(24)23-7-2-4-15(23)13-5-6-16-17(10-13)26-9-3-8-25-16/h5-6,10-12,15H,2-4,7-9H2,1H3,(H,20,21,22). The topological polar surface area (TPSA) is 76.6 Å². The smallest absolute Gasteiger partial charge is 0.257 e. The summed E-state index contributed by atoms with van der Waals surface area (Å²) in [5.41, 5.74) is 1.58. The van der Waals surface area contributed by atoms with E-state index in [0.29, 0.717) is 24.7 Å². The van der Waals surface area contributed by atoms with Crippen molar-refractivity contribution in [2.45, 2.75) is 25.3 Å². The van der Waals surface area contributed by atoms with Crippen LogP contribution in [0.15, 0.2) is 30.6 Å². The predicted octanol–water partition coefficient (Wildman–Crippen LogP) is 2.66. The summed E-state index contributed by atoms with van der Waals surface area (Å²) in [6.45, 7) is 2.05. The van der Waals surface area contributed by atoms with E-state index < -0.39 is 0 Å². The van der Waals surface area contributed by atoms with Crippen LogP contribution in [0.1, 0.15) is 41.2 Å². The lowest BCUT2D eigenvalue weighted by molar-refractivity contribution is 0.0734. The van der Waals surface area contributed by atoms with E-state index in [2.05, 4.69) is 15.3 Å². The minimum atomic E-state index is -0.0396. The van der Waals surface area contributed by atoms with Crippen LogP contribution in [0.25, 0.3) is 0 Å². The van der Waals surface area contributed by atoms with Gasteiger partial charge in [0.05, 0.1) is 24.8 Å². The average molecular weight is 354 g/mol. The zero-order valence-corrected chi connectivity index (χ0v) is 14.8. The summed E-state index contributed by atoms with van der Waals surface area (Å²) in [5, 5.41) is 2.86. The summed E-state index contributed by atoms with van der Waals surface area (Å²) in [6, 6.07) is 6.02. The Morgan fingerprint density at radius 3 is 2.69 bits per heavy atom. The Kier molecular flexibility index (Phi) is 4.60. The summed E-state index contributed by atoms with van der Waals surface area (Å²) in [7, 11) is 1.75. The molecule has 0 bridgehead atoms. The van der Waals surface area contributed by atoms with Crippen LogP contribution in [0.2, 0.25) is 0 Å². The molecule has 136 valence electrons. The number of anilines is 1. The van der Waals surface area contributed by atoms with Crippen molar-refractivity contribution < 1.29 is 14.3 Å². The lowest BCUT2D eigenvalue weighted by Gasteiger charge is -2.25. The molecule has 7 nitrogen and oxygen atoms in total. The molecule has 26 heavy (non-hydrogen) atoms. The van der Waals surface area contributed by atoms with Crippen LogP contribution in [-0.4, -0.2) is 47.6 Å². The van der Waals surface area contributed by atoms with Crippen molar-refractivity contribution in [3.05, 3.63) is 41.7 Å². The first-order valence-corrected chi connectivity index (χ1v) is 8.96. The SMILES string of the molecule is CNc1ncc(C(=O)N2CCCC2c2ccc3c(c2)OCCCO3)cn1. The maximum atomic E-state index is 12.9. The van der Waals surface area contributed by atoms with E-state index in [1.54, 1.807) is 19.4 Å². The number of carbonyl (C=O) groups excluding carboxylic acids is 1. The van der Waals surface area contributed by atoms with Gasteiger partial charge in [-0.3, -0.25) is 4.79 Å². The molecule has 2 aromatic rings. The van der Waals surface area contributed by atoms with Gasteiger partial charge in [0.25, 0.3) is 5.91 Å². The zero-order valence-electron chi connectivity index (χ0n) is 14.8. The van der Waals surface area contributed by atoms with Crippen LogP contribution >= 0.6 is 0 Å². The summed E-state index contributed by atoms with van der Waals surface area (Å²) in [6.07, 6.45) is 5.93. The maximum absolute atomic E-state index is 12.9. The fraction of sp³-hybridized carbons (Fsp3) is 0.421. The molecule has 4 rings (SSSR count). The van der Waals surface area contributed by atoms with E-state index in [4.69, 9.17) is 9.47 Å². The molecule has 0 aliphatic carbocycles. The Labute approximate surface area is 152 Å². The Balaban J connectivity index is 1.58. The maximum Gasteiger partial charge on any atom is 0.257 e. The first-order chi connectivity index (χ1) is 12.8. The Hall–Kier alpha value is -2.83. The highest BCUT2D eigenvalue weighted by Crippen LogP contribution is 2.38. The second kappa shape index (κ2) is 7.19. The quantitative estimate of drug-likeness (QED) is 0.913. The number of amides is 1. The molecule has 0 radical (unpaired) electrons. The van der Waals surface area contributed by atoms with Crippen LogP contribution in [0.3, 0.4) is 0 Å². The number of rotatable bonds is 3. The van der Waals surface area contributed by atoms with Crippen molar-refractivity contribution in [3.8, 4) is 11.5 Å². The van der Waals surface area contributed by atoms with Gasteiger partial charge in [-0.25, -0.2) is 9.97 Å². The normalized spacial score (nSPS) is 19.1. The monoisotopic (exact) mass is 354 g/mol. The predicted molar refractivity (Wildman–Crippen MR) is 96.6 cm³/mol. The fourth-order valence-electron chi connectivity index (χ4n) is 3.48. The summed E-state index contributed by atoms with van der Waals surface area (Å²) >= 11 is 0. The van der Waals surface area contributed by atoms with Crippen molar-refractivity contribution >= 4 is 11.9 Å². The first kappa shape index (κ1) is 16.6. The third-order valence-corrected chi connectivity index (χ3v) is 4.79. The van der Waals surface area contributed by atoms with Gasteiger partial charge in [0.1, 0.15) is 0 Å². The molecule has 1 saturated heterocycles. The second-order valence-electron chi connectivity index (χ2n) is 6.46. The molecule has 0 saturated carbocycles. The van der Waals surface area contributed by atoms with Crippen molar-refractivity contribution in [1.82, 2.24) is 14.9 Å². The Morgan fingerprint density at radius 2 is 1.92 bits per heavy atom. The second-order valence-corrected chi connectivity index (χ2v) is 6.46. The number of likely N-dealkylation sites (tertiary alicyclic amines) is 1. The highest BCUT2D eigenvalue weighted by atomic mass is 16.5. The van der Waals surface area contributed by atoms with Gasteiger partial charge in [-0.05, 0) is 30.5 Å². The van der Waals surface area contributed by atoms with Crippen LogP contribution in [0.4, 0.5) is 5.95 Å². The van der Waals surface area contributed by atoms with Crippen LogP contribution < -0.4 is 14.8 Å². The molecular formula is C19H22N4O3. The summed E-state index contributed by atoms with van der Waals surface area (Å²) in [5.74, 6) is 2.00. The van der Waals surface area contributed by atoms with Gasteiger partial charge in [0.2, 0.25) is 5.95 Å². The number of nitrogens with one attached hydrogen (secondary N) is 1. The van der Waals surface area contributed by atoms with Crippen molar-refractivity contribution in [3.63, 3.8) is 0 Å². The Bertz CT molecular complexity index is 794. The number of ether oxygens (including phenoxy) is 2. The van der Waals surface area contributed by atoms with E-state index in [1.165, 1.54) is 0 Å². The first-order valence-electron chi connectivity index (χ1n) is 8.96. The minimum Gasteiger partial charge on any atom is -0.490 e. The molecule has 1 fully saturated rings. The molecule has 3 heterocycles. The third-order valence-electron chi connectivity index (χ3n) is 4.79. The van der Waals surface area contributed by atoms with Gasteiger partial charge in [-0.2, -0.15) is 0 Å². The molecule has 1 aromatic heterocycles. The largest absolute Gasteiger partial charge is 0.490 e. The number of hydrogen-bond donors (Lipinski definition) is 1. The Morgan fingerprint density at radius 1 is 1.15 bits per heavy atom. The number of benzene rings is 1. The molecule has 1 aromatic carbocycles. The minimum absolute atomic E-state index is 0.0311. The lowest BCUT2D eigenvalue weighted by atomic mass is 10.0. The average Bonchev–Trinajstić information content (AvgIpc) is 3.06. The number of hydrogen-bond acceptors (Lipinski definition) is 6. The summed E-state index contributed by atoms with van der Waals surface area (Å²) in [4.78, 5) is 23.1. The molecule has 0 spiro atoms. The molecule has 1 unspecified atom stereocenters. The van der Waals surface area contributed by atoms with Crippen LogP contribution in [0, 0.1) is 0 Å². The molecular weight excluding hydrogens is 332 g/mol. The van der Waals surface area contributed by atoms with E-state index in [9.17, 15) is 4.79 Å². The van der Waals surface area contributed by atoms with Crippen molar-refractivity contribution in [1.29, 1.82) is 0 Å². The number of nitrogens with zero attached hydrogens (tertiary/aromatic N) is 3. The van der Waals surface area contributed by atoms with E-state index >= 15 is 0 Å². The fourth-order valence-corrected chi connectivity index (χ4v) is 3.48. The number of carbonyl (C=O) groups is 1. The van der Waals surface area contributed by atoms with Gasteiger partial charge in [-0.15, -0.1) is 0 Å². The lowest BCUT2D eigenvalue weighted by Crippen LogP contribution is -2.30. The van der Waals surface area contributed by atoms with E-state index in [1.807, 2.05) is 23.1 Å². The molecule has 1 N–H and O–H groups in total. The molecule has 2 aliphatic heterocycles. The highest BCUT2D eigenvalue weighted by Gasteiger charge is 2.31. The van der Waals surface area contributed by atoms with Crippen LogP contribution in [0.5, 0.6) is 11.5 Å². The van der Waals surface area contributed by atoms with Crippen LogP contribution in [-0.2, 0) is 0 Å². The van der Waals surface area contributed by atoms with Gasteiger partial charge in [0, 0.05) is 32.4 Å². The van der Waals surface area contributed by atoms with Gasteiger partial charge in [0.15, 0.2) is 11.5 Å². The molecule has 1 amide bonds. The molecule has 7 heteroatoms. The van der Waals surface area contributed by atoms with E-state index in [0.717, 1.165) is 42.9 Å². The highest BCUT2D eigenvalue weighted by molar-refractivity contribution is 5.94. The summed E-state index contributed by atoms with van der Waals surface area (Å²) < 4.78 is 11.5. The molecule has 1 atom stereocenters. The van der Waals surface area contributed by atoms with Gasteiger partial charge < -0.3 is 19.7 Å². The third kappa shape index (κ3) is 3.16. The van der Waals surface area contributed by atoms with E-state index in [-0.39, 0.29) is 11.9 Å². The zero-order chi connectivity index (χ0) is 17.9. The van der Waals surface area contributed by atoms with Crippen molar-refractivity contribution in [2.75, 3.05) is 32.1 Å². The van der Waals surface area contributed by atoms with Gasteiger partial charge in [-0.1, -0.05) is 6.07 Å². The number of aromatic nitrogens is 2. The van der Waals surface area contributed by atoms with Gasteiger partial charge >= 0.3 is 0 Å². The van der Waals surface area contributed by atoms with Crippen molar-refractivity contribution in [2.24, 2.45) is 0 Å².